The number of benzene rings is 1. The van der Waals surface area contributed by atoms with Gasteiger partial charge in [-0.1, -0.05) is 12.1 Å². The van der Waals surface area contributed by atoms with Crippen LogP contribution in [0.1, 0.15) is 18.9 Å². The lowest BCUT2D eigenvalue weighted by molar-refractivity contribution is 0.259. The van der Waals surface area contributed by atoms with Gasteiger partial charge >= 0.3 is 0 Å². The van der Waals surface area contributed by atoms with E-state index in [-0.39, 0.29) is 12.6 Å². The van der Waals surface area contributed by atoms with Crippen molar-refractivity contribution in [2.45, 2.75) is 25.4 Å². The van der Waals surface area contributed by atoms with Crippen molar-refractivity contribution in [1.29, 1.82) is 5.26 Å². The summed E-state index contributed by atoms with van der Waals surface area (Å²) in [6.07, 6.45) is 1.01. The molecule has 96 valence electrons. The Balaban J connectivity index is 2.31. The second kappa shape index (κ2) is 5.85. The predicted molar refractivity (Wildman–Crippen MR) is 71.5 cm³/mol. The Bertz CT molecular complexity index is 441. The van der Waals surface area contributed by atoms with Crippen molar-refractivity contribution in [3.63, 3.8) is 0 Å². The molecule has 0 spiro atoms. The molecule has 2 rings (SSSR count). The monoisotopic (exact) mass is 245 g/mol. The molecule has 1 fully saturated rings. The summed E-state index contributed by atoms with van der Waals surface area (Å²) in [5, 5.41) is 22.1. The molecule has 0 radical (unpaired) electrons. The molecule has 1 aromatic carbocycles. The molecule has 4 nitrogen and oxygen atoms in total. The summed E-state index contributed by atoms with van der Waals surface area (Å²) in [5.41, 5.74) is 1.60. The van der Waals surface area contributed by atoms with Gasteiger partial charge in [0, 0.05) is 19.1 Å². The highest BCUT2D eigenvalue weighted by molar-refractivity contribution is 5.60. The summed E-state index contributed by atoms with van der Waals surface area (Å²) in [6.45, 7) is 3.85. The fraction of sp³-hybridized carbons (Fsp3) is 0.500. The van der Waals surface area contributed by atoms with E-state index in [4.69, 9.17) is 0 Å². The fourth-order valence-electron chi connectivity index (χ4n) is 2.36. The Labute approximate surface area is 108 Å². The molecular weight excluding hydrogens is 226 g/mol. The zero-order valence-electron chi connectivity index (χ0n) is 10.6. The van der Waals surface area contributed by atoms with Gasteiger partial charge in [0.2, 0.25) is 0 Å². The lowest BCUT2D eigenvalue weighted by Crippen LogP contribution is -2.43. The minimum absolute atomic E-state index is 0.0319. The van der Waals surface area contributed by atoms with Gasteiger partial charge in [0.05, 0.1) is 23.9 Å². The van der Waals surface area contributed by atoms with E-state index < -0.39 is 0 Å². The molecule has 1 heterocycles. The average molecular weight is 245 g/mol. The van der Waals surface area contributed by atoms with Gasteiger partial charge in [0.15, 0.2) is 0 Å². The van der Waals surface area contributed by atoms with Crippen molar-refractivity contribution in [3.05, 3.63) is 29.8 Å². The van der Waals surface area contributed by atoms with Gasteiger partial charge in [-0.25, -0.2) is 0 Å². The highest BCUT2D eigenvalue weighted by Crippen LogP contribution is 2.23. The second-order valence-corrected chi connectivity index (χ2v) is 4.76. The maximum absolute atomic E-state index is 9.53. The highest BCUT2D eigenvalue weighted by Gasteiger charge is 2.24. The first-order chi connectivity index (χ1) is 8.76. The van der Waals surface area contributed by atoms with Crippen LogP contribution < -0.4 is 10.2 Å². The first-order valence-electron chi connectivity index (χ1n) is 6.36. The molecule has 0 aromatic heterocycles. The maximum Gasteiger partial charge on any atom is 0.101 e. The topological polar surface area (TPSA) is 59.3 Å². The minimum Gasteiger partial charge on any atom is -0.394 e. The molecule has 0 aliphatic carbocycles. The van der Waals surface area contributed by atoms with E-state index in [0.29, 0.717) is 11.6 Å². The molecule has 18 heavy (non-hydrogen) atoms. The number of hydrogen-bond donors (Lipinski definition) is 2. The molecular formula is C14H19N3O. The summed E-state index contributed by atoms with van der Waals surface area (Å²) >= 11 is 0. The van der Waals surface area contributed by atoms with Crippen molar-refractivity contribution in [1.82, 2.24) is 5.32 Å². The standard InChI is InChI=1S/C14H19N3O/c1-11-6-7-17(13(10-18)9-16-11)14-5-3-2-4-12(14)8-15/h2-5,11,13,16,18H,6-7,9-10H2,1H3. The molecule has 0 bridgehead atoms. The molecule has 0 amide bonds. The molecule has 2 N–H and O–H groups in total. The van der Waals surface area contributed by atoms with Crippen molar-refractivity contribution in [2.24, 2.45) is 0 Å². The number of rotatable bonds is 2. The minimum atomic E-state index is 0.0319. The smallest absolute Gasteiger partial charge is 0.101 e. The quantitative estimate of drug-likeness (QED) is 0.819. The number of aliphatic hydroxyl groups excluding tert-OH is 1. The zero-order valence-corrected chi connectivity index (χ0v) is 10.6. The van der Waals surface area contributed by atoms with Gasteiger partial charge in [-0.3, -0.25) is 0 Å². The van der Waals surface area contributed by atoms with Crippen LogP contribution in [-0.4, -0.2) is 36.9 Å². The van der Waals surface area contributed by atoms with Crippen molar-refractivity contribution >= 4 is 5.69 Å². The van der Waals surface area contributed by atoms with E-state index in [9.17, 15) is 10.4 Å². The number of aliphatic hydroxyl groups is 1. The Morgan fingerprint density at radius 1 is 1.50 bits per heavy atom. The number of anilines is 1. The molecule has 2 unspecified atom stereocenters. The first kappa shape index (κ1) is 12.9. The highest BCUT2D eigenvalue weighted by atomic mass is 16.3. The number of nitrogens with one attached hydrogen (secondary N) is 1. The predicted octanol–water partition coefficient (Wildman–Crippen LogP) is 1.11. The van der Waals surface area contributed by atoms with Crippen LogP contribution in [0, 0.1) is 11.3 Å². The molecule has 1 aromatic rings. The summed E-state index contributed by atoms with van der Waals surface area (Å²) in [7, 11) is 0. The number of nitrogens with zero attached hydrogens (tertiary/aromatic N) is 2. The van der Waals surface area contributed by atoms with Gasteiger partial charge in [-0.2, -0.15) is 5.26 Å². The van der Waals surface area contributed by atoms with Gasteiger partial charge in [0.25, 0.3) is 0 Å². The van der Waals surface area contributed by atoms with Crippen LogP contribution in [0.25, 0.3) is 0 Å². The lowest BCUT2D eigenvalue weighted by atomic mass is 10.1. The van der Waals surface area contributed by atoms with Crippen LogP contribution in [-0.2, 0) is 0 Å². The zero-order chi connectivity index (χ0) is 13.0. The number of nitriles is 1. The van der Waals surface area contributed by atoms with E-state index >= 15 is 0 Å². The third-order valence-electron chi connectivity index (χ3n) is 3.49. The molecule has 0 saturated carbocycles. The molecule has 4 heteroatoms. The molecule has 2 atom stereocenters. The number of hydrogen-bond acceptors (Lipinski definition) is 4. The lowest BCUT2D eigenvalue weighted by Gasteiger charge is -2.31. The van der Waals surface area contributed by atoms with E-state index in [1.165, 1.54) is 0 Å². The van der Waals surface area contributed by atoms with Gasteiger partial charge in [0.1, 0.15) is 6.07 Å². The van der Waals surface area contributed by atoms with Gasteiger partial charge in [-0.05, 0) is 25.5 Å². The van der Waals surface area contributed by atoms with Crippen molar-refractivity contribution < 1.29 is 5.11 Å². The summed E-state index contributed by atoms with van der Waals surface area (Å²) in [4.78, 5) is 2.15. The van der Waals surface area contributed by atoms with Crippen LogP contribution in [0.5, 0.6) is 0 Å². The van der Waals surface area contributed by atoms with E-state index in [2.05, 4.69) is 23.2 Å². The largest absolute Gasteiger partial charge is 0.394 e. The Morgan fingerprint density at radius 3 is 3.00 bits per heavy atom. The van der Waals surface area contributed by atoms with Crippen LogP contribution in [0.4, 0.5) is 5.69 Å². The van der Waals surface area contributed by atoms with Crippen LogP contribution in [0.15, 0.2) is 24.3 Å². The first-order valence-corrected chi connectivity index (χ1v) is 6.36. The molecule has 1 saturated heterocycles. The third-order valence-corrected chi connectivity index (χ3v) is 3.49. The Morgan fingerprint density at radius 2 is 2.28 bits per heavy atom. The summed E-state index contributed by atoms with van der Waals surface area (Å²) < 4.78 is 0. The maximum atomic E-state index is 9.53. The summed E-state index contributed by atoms with van der Waals surface area (Å²) in [5.74, 6) is 0. The van der Waals surface area contributed by atoms with E-state index in [1.54, 1.807) is 0 Å². The van der Waals surface area contributed by atoms with Crippen molar-refractivity contribution in [3.8, 4) is 6.07 Å². The third kappa shape index (κ3) is 2.63. The van der Waals surface area contributed by atoms with E-state index in [1.807, 2.05) is 24.3 Å². The van der Waals surface area contributed by atoms with Crippen LogP contribution in [0.3, 0.4) is 0 Å². The van der Waals surface area contributed by atoms with Crippen LogP contribution in [0.2, 0.25) is 0 Å². The number of para-hydroxylation sites is 1. The summed E-state index contributed by atoms with van der Waals surface area (Å²) in [6, 6.07) is 10.3. The normalized spacial score (nSPS) is 24.4. The molecule has 1 aliphatic heterocycles. The average Bonchev–Trinajstić information content (AvgIpc) is 2.60. The van der Waals surface area contributed by atoms with Gasteiger partial charge < -0.3 is 15.3 Å². The SMILES string of the molecule is CC1CCN(c2ccccc2C#N)C(CO)CN1. The van der Waals surface area contributed by atoms with Crippen LogP contribution >= 0.6 is 0 Å². The Hall–Kier alpha value is -1.57. The van der Waals surface area contributed by atoms with E-state index in [0.717, 1.165) is 25.2 Å². The molecule has 1 aliphatic rings. The Kier molecular flexibility index (Phi) is 4.19. The van der Waals surface area contributed by atoms with Gasteiger partial charge in [-0.15, -0.1) is 0 Å². The fourth-order valence-corrected chi connectivity index (χ4v) is 2.36. The van der Waals surface area contributed by atoms with Crippen molar-refractivity contribution in [2.75, 3.05) is 24.6 Å². The second-order valence-electron chi connectivity index (χ2n) is 4.76.